The summed E-state index contributed by atoms with van der Waals surface area (Å²) in [5, 5.41) is 3.00. The fourth-order valence-corrected chi connectivity index (χ4v) is 1.29. The summed E-state index contributed by atoms with van der Waals surface area (Å²) in [7, 11) is 1.34. The standard InChI is InChI=1S/C11H21NO4/c1-4-6-9(11(14)16-5-2)12-8-7-10(13)15-3/h9,12H,4-8H2,1-3H3. The number of esters is 2. The van der Waals surface area contributed by atoms with E-state index in [1.54, 1.807) is 6.92 Å². The van der Waals surface area contributed by atoms with E-state index >= 15 is 0 Å². The summed E-state index contributed by atoms with van der Waals surface area (Å²) < 4.78 is 9.43. The van der Waals surface area contributed by atoms with E-state index in [0.29, 0.717) is 19.6 Å². The molecule has 0 aromatic rings. The normalized spacial score (nSPS) is 11.9. The molecule has 16 heavy (non-hydrogen) atoms. The Kier molecular flexibility index (Phi) is 8.52. The summed E-state index contributed by atoms with van der Waals surface area (Å²) in [6, 6.07) is -0.324. The Bertz CT molecular complexity index is 218. The van der Waals surface area contributed by atoms with Crippen LogP contribution in [0.4, 0.5) is 0 Å². The predicted molar refractivity (Wildman–Crippen MR) is 60.0 cm³/mol. The molecule has 0 aromatic carbocycles. The number of hydrogen-bond acceptors (Lipinski definition) is 5. The lowest BCUT2D eigenvalue weighted by atomic mass is 10.1. The van der Waals surface area contributed by atoms with Gasteiger partial charge in [-0.15, -0.1) is 0 Å². The van der Waals surface area contributed by atoms with Gasteiger partial charge in [-0.25, -0.2) is 0 Å². The van der Waals surface area contributed by atoms with Crippen LogP contribution in [-0.2, 0) is 19.1 Å². The molecule has 0 heterocycles. The van der Waals surface area contributed by atoms with E-state index < -0.39 is 0 Å². The summed E-state index contributed by atoms with van der Waals surface area (Å²) in [5.41, 5.74) is 0. The molecule has 1 N–H and O–H groups in total. The zero-order chi connectivity index (χ0) is 12.4. The smallest absolute Gasteiger partial charge is 0.323 e. The lowest BCUT2D eigenvalue weighted by molar-refractivity contribution is -0.146. The van der Waals surface area contributed by atoms with Gasteiger partial charge in [-0.05, 0) is 13.3 Å². The predicted octanol–water partition coefficient (Wildman–Crippen LogP) is 0.871. The molecule has 0 spiro atoms. The van der Waals surface area contributed by atoms with E-state index in [1.807, 2.05) is 6.92 Å². The average Bonchev–Trinajstić information content (AvgIpc) is 2.28. The summed E-state index contributed by atoms with van der Waals surface area (Å²) in [5.74, 6) is -0.541. The Morgan fingerprint density at radius 2 is 2.00 bits per heavy atom. The number of rotatable bonds is 8. The molecule has 5 heteroatoms. The highest BCUT2D eigenvalue weighted by Crippen LogP contribution is 2.00. The second kappa shape index (κ2) is 9.15. The zero-order valence-corrected chi connectivity index (χ0v) is 10.2. The Hall–Kier alpha value is -1.10. The van der Waals surface area contributed by atoms with Gasteiger partial charge in [-0.3, -0.25) is 9.59 Å². The minimum absolute atomic E-state index is 0.255. The van der Waals surface area contributed by atoms with Gasteiger partial charge < -0.3 is 14.8 Å². The van der Waals surface area contributed by atoms with Crippen LogP contribution in [0.15, 0.2) is 0 Å². The lowest BCUT2D eigenvalue weighted by Crippen LogP contribution is -2.39. The van der Waals surface area contributed by atoms with Crippen molar-refractivity contribution >= 4 is 11.9 Å². The van der Waals surface area contributed by atoms with Crippen molar-refractivity contribution in [3.63, 3.8) is 0 Å². The largest absolute Gasteiger partial charge is 0.469 e. The van der Waals surface area contributed by atoms with Gasteiger partial charge >= 0.3 is 11.9 Å². The van der Waals surface area contributed by atoms with Crippen LogP contribution in [0, 0.1) is 0 Å². The van der Waals surface area contributed by atoms with Crippen molar-refractivity contribution in [2.45, 2.75) is 39.2 Å². The summed E-state index contributed by atoms with van der Waals surface area (Å²) in [6.07, 6.45) is 1.85. The third-order valence-electron chi connectivity index (χ3n) is 2.10. The van der Waals surface area contributed by atoms with Gasteiger partial charge in [0.05, 0.1) is 20.1 Å². The van der Waals surface area contributed by atoms with Crippen LogP contribution in [0.2, 0.25) is 0 Å². The minimum atomic E-state index is -0.324. The van der Waals surface area contributed by atoms with Gasteiger partial charge in [0.15, 0.2) is 0 Å². The first-order valence-electron chi connectivity index (χ1n) is 5.62. The van der Waals surface area contributed by atoms with Gasteiger partial charge in [-0.2, -0.15) is 0 Å². The third-order valence-corrected chi connectivity index (χ3v) is 2.10. The van der Waals surface area contributed by atoms with Gasteiger partial charge in [0.1, 0.15) is 6.04 Å². The summed E-state index contributed by atoms with van der Waals surface area (Å²) in [6.45, 7) is 4.57. The van der Waals surface area contributed by atoms with Crippen LogP contribution < -0.4 is 5.32 Å². The van der Waals surface area contributed by atoms with Gasteiger partial charge in [0.2, 0.25) is 0 Å². The van der Waals surface area contributed by atoms with Crippen LogP contribution in [0.1, 0.15) is 33.1 Å². The first-order valence-corrected chi connectivity index (χ1v) is 5.62. The van der Waals surface area contributed by atoms with Gasteiger partial charge in [0.25, 0.3) is 0 Å². The number of hydrogen-bond donors (Lipinski definition) is 1. The van der Waals surface area contributed by atoms with Gasteiger partial charge in [-0.1, -0.05) is 13.3 Å². The maximum absolute atomic E-state index is 11.5. The molecule has 0 aromatic heterocycles. The van der Waals surface area contributed by atoms with E-state index in [9.17, 15) is 9.59 Å². The fraction of sp³-hybridized carbons (Fsp3) is 0.818. The Morgan fingerprint density at radius 1 is 1.31 bits per heavy atom. The van der Waals surface area contributed by atoms with Crippen molar-refractivity contribution in [1.82, 2.24) is 5.32 Å². The molecule has 5 nitrogen and oxygen atoms in total. The highest BCUT2D eigenvalue weighted by Gasteiger charge is 2.18. The molecule has 0 bridgehead atoms. The van der Waals surface area contributed by atoms with E-state index in [4.69, 9.17) is 4.74 Å². The SMILES string of the molecule is CCCC(NCCC(=O)OC)C(=O)OCC. The second-order valence-corrected chi connectivity index (χ2v) is 3.37. The van der Waals surface area contributed by atoms with E-state index in [-0.39, 0.29) is 24.4 Å². The fourth-order valence-electron chi connectivity index (χ4n) is 1.29. The molecule has 0 aliphatic heterocycles. The zero-order valence-electron chi connectivity index (χ0n) is 10.2. The van der Waals surface area contributed by atoms with Crippen molar-refractivity contribution in [2.24, 2.45) is 0 Å². The quantitative estimate of drug-likeness (QED) is 0.628. The summed E-state index contributed by atoms with van der Waals surface area (Å²) in [4.78, 5) is 22.3. The van der Waals surface area contributed by atoms with Crippen molar-refractivity contribution in [3.8, 4) is 0 Å². The number of carbonyl (C=O) groups is 2. The maximum atomic E-state index is 11.5. The summed E-state index contributed by atoms with van der Waals surface area (Å²) >= 11 is 0. The molecule has 0 saturated carbocycles. The van der Waals surface area contributed by atoms with Crippen molar-refractivity contribution in [1.29, 1.82) is 0 Å². The Balaban J connectivity index is 3.93. The number of nitrogens with one attached hydrogen (secondary N) is 1. The van der Waals surface area contributed by atoms with E-state index in [1.165, 1.54) is 7.11 Å². The highest BCUT2D eigenvalue weighted by molar-refractivity contribution is 5.76. The second-order valence-electron chi connectivity index (χ2n) is 3.37. The first kappa shape index (κ1) is 14.9. The molecular weight excluding hydrogens is 210 g/mol. The molecule has 0 radical (unpaired) electrons. The van der Waals surface area contributed by atoms with Crippen LogP contribution in [-0.4, -0.2) is 38.2 Å². The van der Waals surface area contributed by atoms with Crippen LogP contribution in [0.3, 0.4) is 0 Å². The van der Waals surface area contributed by atoms with Crippen molar-refractivity contribution in [3.05, 3.63) is 0 Å². The van der Waals surface area contributed by atoms with Crippen LogP contribution in [0.5, 0.6) is 0 Å². The maximum Gasteiger partial charge on any atom is 0.323 e. The molecule has 94 valence electrons. The Labute approximate surface area is 96.5 Å². The topological polar surface area (TPSA) is 64.6 Å². The monoisotopic (exact) mass is 231 g/mol. The van der Waals surface area contributed by atoms with Crippen molar-refractivity contribution in [2.75, 3.05) is 20.3 Å². The van der Waals surface area contributed by atoms with Crippen LogP contribution in [0.25, 0.3) is 0 Å². The van der Waals surface area contributed by atoms with Crippen molar-refractivity contribution < 1.29 is 19.1 Å². The highest BCUT2D eigenvalue weighted by atomic mass is 16.5. The molecule has 1 unspecified atom stereocenters. The van der Waals surface area contributed by atoms with Gasteiger partial charge in [0, 0.05) is 6.54 Å². The number of ether oxygens (including phenoxy) is 2. The average molecular weight is 231 g/mol. The molecule has 1 atom stereocenters. The molecular formula is C11H21NO4. The van der Waals surface area contributed by atoms with Crippen LogP contribution >= 0.6 is 0 Å². The van der Waals surface area contributed by atoms with E-state index in [0.717, 1.165) is 6.42 Å². The molecule has 0 aliphatic carbocycles. The molecule has 0 amide bonds. The molecule has 0 saturated heterocycles. The first-order chi connectivity index (χ1) is 7.65. The number of carbonyl (C=O) groups excluding carboxylic acids is 2. The molecule has 0 aliphatic rings. The number of methoxy groups -OCH3 is 1. The molecule has 0 rings (SSSR count). The third kappa shape index (κ3) is 6.40. The molecule has 0 fully saturated rings. The lowest BCUT2D eigenvalue weighted by Gasteiger charge is -2.15. The van der Waals surface area contributed by atoms with E-state index in [2.05, 4.69) is 10.1 Å². The Morgan fingerprint density at radius 3 is 2.50 bits per heavy atom. The minimum Gasteiger partial charge on any atom is -0.469 e.